The largest absolute Gasteiger partial charge is 0.396 e. The quantitative estimate of drug-likeness (QED) is 0.800. The molecular weight excluding hydrogens is 222 g/mol. The van der Waals surface area contributed by atoms with Gasteiger partial charge in [0.15, 0.2) is 0 Å². The monoisotopic (exact) mass is 239 g/mol. The van der Waals surface area contributed by atoms with Gasteiger partial charge >= 0.3 is 0 Å². The molecule has 2 nitrogen and oxygen atoms in total. The molecule has 1 aliphatic carbocycles. The van der Waals surface area contributed by atoms with Crippen LogP contribution in [-0.2, 0) is 13.0 Å². The van der Waals surface area contributed by atoms with Crippen molar-refractivity contribution >= 4 is 11.6 Å². The normalized spacial score (nSPS) is 15.4. The summed E-state index contributed by atoms with van der Waals surface area (Å²) in [5, 5.41) is 13.1. The van der Waals surface area contributed by atoms with Gasteiger partial charge in [-0.05, 0) is 42.9 Å². The Bertz CT molecular complexity index is 350. The van der Waals surface area contributed by atoms with Gasteiger partial charge in [0.25, 0.3) is 0 Å². The third-order valence-corrected chi connectivity index (χ3v) is 3.26. The number of hydrogen-bond donors (Lipinski definition) is 2. The zero-order chi connectivity index (χ0) is 11.4. The number of aliphatic hydroxyl groups is 1. The van der Waals surface area contributed by atoms with Crippen molar-refractivity contribution in [2.75, 3.05) is 6.61 Å². The Balaban J connectivity index is 1.96. The van der Waals surface area contributed by atoms with Gasteiger partial charge in [-0.15, -0.1) is 0 Å². The first-order valence-corrected chi connectivity index (χ1v) is 6.29. The molecule has 16 heavy (non-hydrogen) atoms. The summed E-state index contributed by atoms with van der Waals surface area (Å²) in [4.78, 5) is 0. The smallest absolute Gasteiger partial charge is 0.0451 e. The molecule has 0 amide bonds. The van der Waals surface area contributed by atoms with E-state index in [0.29, 0.717) is 6.04 Å². The second-order valence-corrected chi connectivity index (χ2v) is 4.82. The van der Waals surface area contributed by atoms with Crippen LogP contribution in [0.25, 0.3) is 0 Å². The van der Waals surface area contributed by atoms with Crippen LogP contribution in [-0.4, -0.2) is 17.8 Å². The fourth-order valence-electron chi connectivity index (χ4n) is 1.74. The van der Waals surface area contributed by atoms with Gasteiger partial charge in [-0.3, -0.25) is 0 Å². The fraction of sp³-hybridized carbons (Fsp3) is 0.538. The Hall–Kier alpha value is -0.570. The van der Waals surface area contributed by atoms with Crippen molar-refractivity contribution in [1.82, 2.24) is 5.32 Å². The summed E-state index contributed by atoms with van der Waals surface area (Å²) in [6.45, 7) is 1.11. The van der Waals surface area contributed by atoms with E-state index in [1.165, 1.54) is 24.0 Å². The predicted molar refractivity (Wildman–Crippen MR) is 66.7 cm³/mol. The molecule has 1 aromatic carbocycles. The average molecular weight is 240 g/mol. The lowest BCUT2D eigenvalue weighted by Crippen LogP contribution is -2.15. The highest BCUT2D eigenvalue weighted by Gasteiger charge is 2.20. The van der Waals surface area contributed by atoms with Gasteiger partial charge in [-0.25, -0.2) is 0 Å². The summed E-state index contributed by atoms with van der Waals surface area (Å²) in [6.07, 6.45) is 4.32. The number of hydrogen-bond acceptors (Lipinski definition) is 2. The summed E-state index contributed by atoms with van der Waals surface area (Å²) >= 11 is 6.14. The molecule has 1 aromatic rings. The van der Waals surface area contributed by atoms with Gasteiger partial charge in [0.05, 0.1) is 0 Å². The van der Waals surface area contributed by atoms with Crippen LogP contribution in [0.4, 0.5) is 0 Å². The topological polar surface area (TPSA) is 32.3 Å². The maximum Gasteiger partial charge on any atom is 0.0451 e. The van der Waals surface area contributed by atoms with Crippen LogP contribution < -0.4 is 5.32 Å². The Labute approximate surface area is 102 Å². The molecule has 1 aliphatic rings. The molecule has 0 aromatic heterocycles. The molecule has 0 bridgehead atoms. The van der Waals surface area contributed by atoms with Crippen LogP contribution in [0.5, 0.6) is 0 Å². The number of halogens is 1. The number of aryl methyl sites for hydroxylation is 1. The van der Waals surface area contributed by atoms with Crippen LogP contribution in [0.1, 0.15) is 30.4 Å². The van der Waals surface area contributed by atoms with Gasteiger partial charge in [-0.2, -0.15) is 0 Å². The van der Waals surface area contributed by atoms with Crippen LogP contribution >= 0.6 is 11.6 Å². The molecule has 0 heterocycles. The van der Waals surface area contributed by atoms with Crippen LogP contribution in [0.3, 0.4) is 0 Å². The summed E-state index contributed by atoms with van der Waals surface area (Å²) in [5.74, 6) is 0. The highest BCUT2D eigenvalue weighted by molar-refractivity contribution is 6.31. The lowest BCUT2D eigenvalue weighted by Gasteiger charge is -2.08. The minimum absolute atomic E-state index is 0.248. The molecule has 0 atom stereocenters. The third-order valence-electron chi connectivity index (χ3n) is 2.89. The van der Waals surface area contributed by atoms with E-state index < -0.39 is 0 Å². The summed E-state index contributed by atoms with van der Waals surface area (Å²) in [6, 6.07) is 6.85. The van der Waals surface area contributed by atoms with Gasteiger partial charge in [0, 0.05) is 24.2 Å². The molecule has 2 rings (SSSR count). The second-order valence-electron chi connectivity index (χ2n) is 4.41. The Morgan fingerprint density at radius 2 is 2.19 bits per heavy atom. The molecule has 3 heteroatoms. The zero-order valence-corrected chi connectivity index (χ0v) is 10.1. The van der Waals surface area contributed by atoms with E-state index in [1.54, 1.807) is 0 Å². The zero-order valence-electron chi connectivity index (χ0n) is 9.38. The van der Waals surface area contributed by atoms with E-state index in [1.807, 2.05) is 12.1 Å². The van der Waals surface area contributed by atoms with Crippen LogP contribution in [0, 0.1) is 0 Å². The molecular formula is C13H18ClNO. The minimum Gasteiger partial charge on any atom is -0.396 e. The first kappa shape index (κ1) is 11.9. The first-order valence-electron chi connectivity index (χ1n) is 5.91. The fourth-order valence-corrected chi connectivity index (χ4v) is 1.93. The van der Waals surface area contributed by atoms with Crippen LogP contribution in [0.15, 0.2) is 18.2 Å². The lowest BCUT2D eigenvalue weighted by atomic mass is 10.1. The molecule has 0 saturated heterocycles. The van der Waals surface area contributed by atoms with Crippen molar-refractivity contribution in [1.29, 1.82) is 0 Å². The Morgan fingerprint density at radius 3 is 2.88 bits per heavy atom. The Morgan fingerprint density at radius 1 is 1.38 bits per heavy atom. The molecule has 0 radical (unpaired) electrons. The standard InChI is InChI=1S/C13H18ClNO/c14-13-6-3-10(2-1-7-16)8-11(13)9-15-12-4-5-12/h3,6,8,12,15-16H,1-2,4-5,7,9H2. The average Bonchev–Trinajstić information content (AvgIpc) is 3.10. The van der Waals surface area contributed by atoms with Gasteiger partial charge in [0.1, 0.15) is 0 Å². The molecule has 0 unspecified atom stereocenters. The number of rotatable bonds is 6. The highest BCUT2D eigenvalue weighted by Crippen LogP contribution is 2.22. The number of aliphatic hydroxyl groups excluding tert-OH is 1. The molecule has 2 N–H and O–H groups in total. The maximum atomic E-state index is 8.80. The molecule has 0 spiro atoms. The van der Waals surface area contributed by atoms with E-state index in [0.717, 1.165) is 24.4 Å². The minimum atomic E-state index is 0.248. The van der Waals surface area contributed by atoms with Crippen molar-refractivity contribution in [2.24, 2.45) is 0 Å². The summed E-state index contributed by atoms with van der Waals surface area (Å²) in [7, 11) is 0. The van der Waals surface area contributed by atoms with Crippen molar-refractivity contribution in [3.8, 4) is 0 Å². The third kappa shape index (κ3) is 3.48. The van der Waals surface area contributed by atoms with E-state index in [9.17, 15) is 0 Å². The van der Waals surface area contributed by atoms with Crippen LogP contribution in [0.2, 0.25) is 5.02 Å². The maximum absolute atomic E-state index is 8.80. The molecule has 88 valence electrons. The van der Waals surface area contributed by atoms with Crippen molar-refractivity contribution in [3.05, 3.63) is 34.3 Å². The van der Waals surface area contributed by atoms with Crippen molar-refractivity contribution in [3.63, 3.8) is 0 Å². The number of benzene rings is 1. The van der Waals surface area contributed by atoms with E-state index in [4.69, 9.17) is 16.7 Å². The predicted octanol–water partition coefficient (Wildman–Crippen LogP) is 2.52. The first-order chi connectivity index (χ1) is 7.79. The summed E-state index contributed by atoms with van der Waals surface area (Å²) in [5.41, 5.74) is 2.43. The van der Waals surface area contributed by atoms with E-state index in [-0.39, 0.29) is 6.61 Å². The van der Waals surface area contributed by atoms with Crippen molar-refractivity contribution < 1.29 is 5.11 Å². The van der Waals surface area contributed by atoms with Gasteiger partial charge in [-0.1, -0.05) is 23.7 Å². The summed E-state index contributed by atoms with van der Waals surface area (Å²) < 4.78 is 0. The SMILES string of the molecule is OCCCc1ccc(Cl)c(CNC2CC2)c1. The Kier molecular flexibility index (Phi) is 4.22. The second kappa shape index (κ2) is 5.67. The van der Waals surface area contributed by atoms with Crippen molar-refractivity contribution in [2.45, 2.75) is 38.3 Å². The lowest BCUT2D eigenvalue weighted by molar-refractivity contribution is 0.288. The van der Waals surface area contributed by atoms with Gasteiger partial charge < -0.3 is 10.4 Å². The molecule has 1 fully saturated rings. The molecule has 0 aliphatic heterocycles. The number of nitrogens with one attached hydrogen (secondary N) is 1. The van der Waals surface area contributed by atoms with E-state index in [2.05, 4.69) is 11.4 Å². The van der Waals surface area contributed by atoms with Gasteiger partial charge in [0.2, 0.25) is 0 Å². The van der Waals surface area contributed by atoms with E-state index >= 15 is 0 Å². The molecule has 1 saturated carbocycles. The highest BCUT2D eigenvalue weighted by atomic mass is 35.5.